The van der Waals surface area contributed by atoms with E-state index in [0.717, 1.165) is 6.04 Å². The fourth-order valence-corrected chi connectivity index (χ4v) is 3.66. The van der Waals surface area contributed by atoms with Gasteiger partial charge in [0.1, 0.15) is 0 Å². The van der Waals surface area contributed by atoms with E-state index in [9.17, 15) is 0 Å². The molecule has 2 unspecified atom stereocenters. The van der Waals surface area contributed by atoms with Gasteiger partial charge in [0.2, 0.25) is 0 Å². The Bertz CT molecular complexity index is 567. The molecule has 2 aliphatic carbocycles. The van der Waals surface area contributed by atoms with E-state index >= 15 is 0 Å². The summed E-state index contributed by atoms with van der Waals surface area (Å²) in [6, 6.07) is 10.2. The molecule has 2 heteroatoms. The molecule has 4 rings (SSSR count). The summed E-state index contributed by atoms with van der Waals surface area (Å²) in [5.41, 5.74) is 2.82. The third-order valence-electron chi connectivity index (χ3n) is 4.81. The molecule has 0 spiro atoms. The van der Waals surface area contributed by atoms with Crippen molar-refractivity contribution in [2.75, 3.05) is 0 Å². The van der Waals surface area contributed by atoms with Crippen LogP contribution in [-0.2, 0) is 0 Å². The zero-order valence-electron chi connectivity index (χ0n) is 11.4. The molecular weight excluding hydrogens is 232 g/mol. The fraction of sp³-hybridized carbons (Fsp3) is 0.529. The summed E-state index contributed by atoms with van der Waals surface area (Å²) >= 11 is 0. The van der Waals surface area contributed by atoms with Crippen molar-refractivity contribution in [3.8, 4) is 0 Å². The van der Waals surface area contributed by atoms with Gasteiger partial charge in [0.15, 0.2) is 0 Å². The van der Waals surface area contributed by atoms with Crippen LogP contribution in [0.4, 0.5) is 0 Å². The lowest BCUT2D eigenvalue weighted by atomic mass is 9.80. The number of H-pyrrole nitrogens is 1. The van der Waals surface area contributed by atoms with Crippen molar-refractivity contribution in [3.63, 3.8) is 0 Å². The first-order valence-corrected chi connectivity index (χ1v) is 7.74. The zero-order valence-corrected chi connectivity index (χ0v) is 11.4. The summed E-state index contributed by atoms with van der Waals surface area (Å²) in [7, 11) is 0. The van der Waals surface area contributed by atoms with Crippen LogP contribution >= 0.6 is 0 Å². The standard InChI is InChI=1S/C17H22N2/c1-3-7-16-13(5-1)15(11-18-16)14-6-2-4-8-17(14)19-12-9-10-12/h1,3,5,7,11-12,14,17-19H,2,4,6,8-10H2. The van der Waals surface area contributed by atoms with E-state index in [0.29, 0.717) is 12.0 Å². The molecule has 100 valence electrons. The van der Waals surface area contributed by atoms with Crippen molar-refractivity contribution in [1.82, 2.24) is 10.3 Å². The predicted octanol–water partition coefficient (Wildman–Crippen LogP) is 3.95. The highest BCUT2D eigenvalue weighted by molar-refractivity contribution is 5.83. The van der Waals surface area contributed by atoms with Crippen LogP contribution in [0.2, 0.25) is 0 Å². The van der Waals surface area contributed by atoms with Crippen molar-refractivity contribution >= 4 is 10.9 Å². The maximum atomic E-state index is 3.88. The van der Waals surface area contributed by atoms with Crippen LogP contribution in [-0.4, -0.2) is 17.1 Å². The van der Waals surface area contributed by atoms with E-state index in [1.165, 1.54) is 55.0 Å². The van der Waals surface area contributed by atoms with E-state index in [1.807, 2.05) is 0 Å². The fourth-order valence-electron chi connectivity index (χ4n) is 3.66. The van der Waals surface area contributed by atoms with Crippen LogP contribution in [0.5, 0.6) is 0 Å². The molecule has 2 atom stereocenters. The average molecular weight is 254 g/mol. The Balaban J connectivity index is 1.67. The second-order valence-corrected chi connectivity index (χ2v) is 6.23. The highest BCUT2D eigenvalue weighted by Gasteiger charge is 2.32. The third-order valence-corrected chi connectivity index (χ3v) is 4.81. The van der Waals surface area contributed by atoms with Gasteiger partial charge in [0.25, 0.3) is 0 Å². The van der Waals surface area contributed by atoms with E-state index in [4.69, 9.17) is 0 Å². The highest BCUT2D eigenvalue weighted by atomic mass is 15.0. The molecule has 2 fully saturated rings. The van der Waals surface area contributed by atoms with Gasteiger partial charge in [-0.3, -0.25) is 0 Å². The molecule has 1 heterocycles. The maximum Gasteiger partial charge on any atom is 0.0456 e. The molecule has 1 aromatic carbocycles. The van der Waals surface area contributed by atoms with E-state index in [-0.39, 0.29) is 0 Å². The number of fused-ring (bicyclic) bond motifs is 1. The van der Waals surface area contributed by atoms with Crippen LogP contribution in [0.15, 0.2) is 30.5 Å². The molecule has 1 aromatic heterocycles. The van der Waals surface area contributed by atoms with Gasteiger partial charge in [-0.25, -0.2) is 0 Å². The summed E-state index contributed by atoms with van der Waals surface area (Å²) in [5, 5.41) is 5.31. The van der Waals surface area contributed by atoms with Crippen molar-refractivity contribution in [2.45, 2.75) is 56.5 Å². The lowest BCUT2D eigenvalue weighted by Crippen LogP contribution is -2.38. The second kappa shape index (κ2) is 4.68. The summed E-state index contributed by atoms with van der Waals surface area (Å²) < 4.78 is 0. The molecular formula is C17H22N2. The summed E-state index contributed by atoms with van der Waals surface area (Å²) in [6.07, 6.45) is 10.5. The van der Waals surface area contributed by atoms with Crippen molar-refractivity contribution in [2.24, 2.45) is 0 Å². The first-order chi connectivity index (χ1) is 9.42. The molecule has 2 N–H and O–H groups in total. The van der Waals surface area contributed by atoms with Gasteiger partial charge in [-0.2, -0.15) is 0 Å². The quantitative estimate of drug-likeness (QED) is 0.853. The number of benzene rings is 1. The van der Waals surface area contributed by atoms with Crippen LogP contribution in [0, 0.1) is 0 Å². The third kappa shape index (κ3) is 2.18. The van der Waals surface area contributed by atoms with Crippen molar-refractivity contribution in [3.05, 3.63) is 36.0 Å². The number of aromatic nitrogens is 1. The van der Waals surface area contributed by atoms with Crippen LogP contribution in [0.3, 0.4) is 0 Å². The molecule has 2 saturated carbocycles. The molecule has 2 nitrogen and oxygen atoms in total. The van der Waals surface area contributed by atoms with Gasteiger partial charge in [-0.15, -0.1) is 0 Å². The molecule has 0 aliphatic heterocycles. The molecule has 2 aliphatic rings. The summed E-state index contributed by atoms with van der Waals surface area (Å²) in [6.45, 7) is 0. The Morgan fingerprint density at radius 2 is 1.84 bits per heavy atom. The summed E-state index contributed by atoms with van der Waals surface area (Å²) in [5.74, 6) is 0.700. The van der Waals surface area contributed by atoms with Crippen LogP contribution < -0.4 is 5.32 Å². The van der Waals surface area contributed by atoms with Gasteiger partial charge in [-0.05, 0) is 37.3 Å². The average Bonchev–Trinajstić information content (AvgIpc) is 3.17. The molecule has 0 amide bonds. The van der Waals surface area contributed by atoms with Crippen LogP contribution in [0.1, 0.15) is 50.0 Å². The van der Waals surface area contributed by atoms with E-state index in [2.05, 4.69) is 40.8 Å². The molecule has 19 heavy (non-hydrogen) atoms. The number of rotatable bonds is 3. The first kappa shape index (κ1) is 11.5. The number of hydrogen-bond acceptors (Lipinski definition) is 1. The van der Waals surface area contributed by atoms with Gasteiger partial charge in [0.05, 0.1) is 0 Å². The number of para-hydroxylation sites is 1. The Hall–Kier alpha value is -1.28. The van der Waals surface area contributed by atoms with Gasteiger partial charge in [-0.1, -0.05) is 31.0 Å². The zero-order chi connectivity index (χ0) is 12.7. The van der Waals surface area contributed by atoms with Gasteiger partial charge >= 0.3 is 0 Å². The minimum atomic E-state index is 0.695. The van der Waals surface area contributed by atoms with E-state index < -0.39 is 0 Å². The van der Waals surface area contributed by atoms with Crippen molar-refractivity contribution in [1.29, 1.82) is 0 Å². The largest absolute Gasteiger partial charge is 0.361 e. The normalized spacial score (nSPS) is 27.8. The Morgan fingerprint density at radius 1 is 1.00 bits per heavy atom. The van der Waals surface area contributed by atoms with E-state index in [1.54, 1.807) is 0 Å². The lowest BCUT2D eigenvalue weighted by molar-refractivity contribution is 0.327. The van der Waals surface area contributed by atoms with Gasteiger partial charge < -0.3 is 10.3 Å². The predicted molar refractivity (Wildman–Crippen MR) is 79.5 cm³/mol. The smallest absolute Gasteiger partial charge is 0.0456 e. The molecule has 2 aromatic rings. The lowest BCUT2D eigenvalue weighted by Gasteiger charge is -2.32. The molecule has 0 radical (unpaired) electrons. The Kier molecular flexibility index (Phi) is 2.84. The second-order valence-electron chi connectivity index (χ2n) is 6.23. The van der Waals surface area contributed by atoms with Gasteiger partial charge in [0, 0.05) is 35.1 Å². The molecule has 0 bridgehead atoms. The van der Waals surface area contributed by atoms with Crippen molar-refractivity contribution < 1.29 is 0 Å². The Morgan fingerprint density at radius 3 is 2.74 bits per heavy atom. The molecule has 0 saturated heterocycles. The highest BCUT2D eigenvalue weighted by Crippen LogP contribution is 2.38. The SMILES string of the molecule is c1ccc2c(C3CCCCC3NC3CC3)c[nH]c2c1. The number of hydrogen-bond donors (Lipinski definition) is 2. The number of nitrogens with one attached hydrogen (secondary N) is 2. The Labute approximate surface area is 114 Å². The maximum absolute atomic E-state index is 3.88. The summed E-state index contributed by atoms with van der Waals surface area (Å²) in [4.78, 5) is 3.45. The minimum absolute atomic E-state index is 0.695. The van der Waals surface area contributed by atoms with Crippen LogP contribution in [0.25, 0.3) is 10.9 Å². The monoisotopic (exact) mass is 254 g/mol. The first-order valence-electron chi connectivity index (χ1n) is 7.74. The number of aromatic amines is 1. The minimum Gasteiger partial charge on any atom is -0.361 e. The topological polar surface area (TPSA) is 27.8 Å².